The number of anilines is 2. The molecule has 5 N–H and O–H groups in total. The van der Waals surface area contributed by atoms with Crippen LogP contribution in [0.5, 0.6) is 0 Å². The van der Waals surface area contributed by atoms with Crippen molar-refractivity contribution in [3.05, 3.63) is 54.2 Å². The molecule has 1 fully saturated rings. The molecular formula is C23H25FN6O2. The van der Waals surface area contributed by atoms with E-state index in [1.165, 1.54) is 12.4 Å². The summed E-state index contributed by atoms with van der Waals surface area (Å²) in [6.07, 6.45) is 3.56. The van der Waals surface area contributed by atoms with Gasteiger partial charge in [-0.1, -0.05) is 12.1 Å². The van der Waals surface area contributed by atoms with Crippen LogP contribution in [0.2, 0.25) is 0 Å². The number of halogens is 1. The molecule has 3 aromatic heterocycles. The lowest BCUT2D eigenvalue weighted by Gasteiger charge is -2.19. The van der Waals surface area contributed by atoms with E-state index >= 15 is 0 Å². The minimum atomic E-state index is -0.897. The predicted octanol–water partition coefficient (Wildman–Crippen LogP) is 2.66. The fourth-order valence-corrected chi connectivity index (χ4v) is 4.79. The maximum Gasteiger partial charge on any atom is 0.166 e. The minimum Gasteiger partial charge on any atom is -0.390 e. The molecule has 5 rings (SSSR count). The van der Waals surface area contributed by atoms with Crippen molar-refractivity contribution in [3.63, 3.8) is 0 Å². The first-order valence-electron chi connectivity index (χ1n) is 10.7. The molecule has 4 atom stereocenters. The van der Waals surface area contributed by atoms with Crippen molar-refractivity contribution in [2.24, 2.45) is 5.92 Å². The van der Waals surface area contributed by atoms with Gasteiger partial charge in [0.1, 0.15) is 23.9 Å². The van der Waals surface area contributed by atoms with Gasteiger partial charge in [0.05, 0.1) is 23.0 Å². The highest BCUT2D eigenvalue weighted by molar-refractivity contribution is 5.86. The van der Waals surface area contributed by atoms with Gasteiger partial charge in [0, 0.05) is 18.6 Å². The summed E-state index contributed by atoms with van der Waals surface area (Å²) in [4.78, 5) is 12.7. The molecule has 0 radical (unpaired) electrons. The summed E-state index contributed by atoms with van der Waals surface area (Å²) in [7, 11) is 1.64. The van der Waals surface area contributed by atoms with E-state index < -0.39 is 12.2 Å². The number of nitrogens with two attached hydrogens (primary N) is 1. The molecule has 1 saturated carbocycles. The Morgan fingerprint density at radius 1 is 1.19 bits per heavy atom. The van der Waals surface area contributed by atoms with Gasteiger partial charge < -0.3 is 25.8 Å². The molecule has 0 aliphatic heterocycles. The monoisotopic (exact) mass is 436 g/mol. The van der Waals surface area contributed by atoms with Gasteiger partial charge in [0.25, 0.3) is 0 Å². The number of hydrogen-bond donors (Lipinski definition) is 4. The van der Waals surface area contributed by atoms with E-state index in [4.69, 9.17) is 5.73 Å². The van der Waals surface area contributed by atoms with Gasteiger partial charge in [-0.25, -0.2) is 19.3 Å². The first-order chi connectivity index (χ1) is 15.5. The lowest BCUT2D eigenvalue weighted by Crippen LogP contribution is -2.29. The second-order valence-corrected chi connectivity index (χ2v) is 8.40. The highest BCUT2D eigenvalue weighted by atomic mass is 19.1. The fourth-order valence-electron chi connectivity index (χ4n) is 4.79. The van der Waals surface area contributed by atoms with Crippen LogP contribution in [-0.4, -0.2) is 49.0 Å². The van der Waals surface area contributed by atoms with E-state index in [1.807, 2.05) is 35.0 Å². The number of rotatable bonds is 5. The number of nitrogens with zero attached hydrogens (tertiary/aromatic N) is 4. The molecule has 32 heavy (non-hydrogen) atoms. The number of benzene rings is 1. The predicted molar refractivity (Wildman–Crippen MR) is 121 cm³/mol. The molecule has 3 heterocycles. The molecule has 0 spiro atoms. The number of aliphatic hydroxyl groups excluding tert-OH is 2. The van der Waals surface area contributed by atoms with Crippen LogP contribution in [0.3, 0.4) is 0 Å². The van der Waals surface area contributed by atoms with Gasteiger partial charge >= 0.3 is 0 Å². The van der Waals surface area contributed by atoms with Crippen molar-refractivity contribution in [1.29, 1.82) is 0 Å². The zero-order chi connectivity index (χ0) is 22.4. The Kier molecular flexibility index (Phi) is 5.15. The molecule has 0 amide bonds. The molecule has 1 aliphatic carbocycles. The van der Waals surface area contributed by atoms with Gasteiger partial charge in [-0.05, 0) is 48.9 Å². The summed E-state index contributed by atoms with van der Waals surface area (Å²) in [6.45, 7) is 0. The Bertz CT molecular complexity index is 1290. The molecule has 166 valence electrons. The summed E-state index contributed by atoms with van der Waals surface area (Å²) in [6, 6.07) is 8.78. The third kappa shape index (κ3) is 3.43. The molecular weight excluding hydrogens is 411 g/mol. The van der Waals surface area contributed by atoms with E-state index in [0.29, 0.717) is 36.2 Å². The van der Waals surface area contributed by atoms with Gasteiger partial charge in [-0.2, -0.15) is 0 Å². The average Bonchev–Trinajstić information content (AvgIpc) is 3.34. The van der Waals surface area contributed by atoms with E-state index in [-0.39, 0.29) is 23.6 Å². The third-order valence-corrected chi connectivity index (χ3v) is 6.54. The molecule has 1 aliphatic rings. The van der Waals surface area contributed by atoms with Crippen LogP contribution in [0, 0.1) is 11.7 Å². The molecule has 4 aromatic rings. The lowest BCUT2D eigenvalue weighted by molar-refractivity contribution is 0.00545. The topological polar surface area (TPSA) is 122 Å². The van der Waals surface area contributed by atoms with E-state index in [9.17, 15) is 14.6 Å². The Labute approximate surface area is 183 Å². The number of pyridine rings is 1. The van der Waals surface area contributed by atoms with Gasteiger partial charge in [0.2, 0.25) is 0 Å². The molecule has 0 bridgehead atoms. The van der Waals surface area contributed by atoms with Crippen molar-refractivity contribution >= 4 is 33.6 Å². The van der Waals surface area contributed by atoms with Crippen molar-refractivity contribution in [1.82, 2.24) is 19.5 Å². The Morgan fingerprint density at radius 3 is 2.84 bits per heavy atom. The number of aryl methyl sites for hydroxylation is 1. The Hall–Kier alpha value is -3.30. The smallest absolute Gasteiger partial charge is 0.166 e. The molecule has 0 saturated heterocycles. The molecule has 9 heteroatoms. The number of hydrogen-bond acceptors (Lipinski definition) is 7. The van der Waals surface area contributed by atoms with Crippen LogP contribution >= 0.6 is 0 Å². The zero-order valence-electron chi connectivity index (χ0n) is 17.6. The lowest BCUT2D eigenvalue weighted by atomic mass is 9.95. The van der Waals surface area contributed by atoms with Crippen LogP contribution in [0.15, 0.2) is 42.9 Å². The number of nitrogens with one attached hydrogen (secondary N) is 1. The van der Waals surface area contributed by atoms with Crippen molar-refractivity contribution in [2.45, 2.75) is 37.5 Å². The number of aliphatic hydroxyl groups is 2. The molecule has 8 nitrogen and oxygen atoms in total. The summed E-state index contributed by atoms with van der Waals surface area (Å²) in [5.41, 5.74) is 8.35. The van der Waals surface area contributed by atoms with E-state index in [1.54, 1.807) is 7.05 Å². The Morgan fingerprint density at radius 2 is 2.03 bits per heavy atom. The van der Waals surface area contributed by atoms with E-state index in [2.05, 4.69) is 20.3 Å². The second-order valence-electron chi connectivity index (χ2n) is 8.40. The maximum absolute atomic E-state index is 13.9. The van der Waals surface area contributed by atoms with Crippen molar-refractivity contribution in [2.75, 3.05) is 18.1 Å². The minimum absolute atomic E-state index is 0.0728. The quantitative estimate of drug-likeness (QED) is 0.379. The second kappa shape index (κ2) is 7.99. The van der Waals surface area contributed by atoms with Crippen molar-refractivity contribution < 1.29 is 14.6 Å². The zero-order valence-corrected chi connectivity index (χ0v) is 17.6. The average molecular weight is 436 g/mol. The van der Waals surface area contributed by atoms with Gasteiger partial charge in [-0.15, -0.1) is 0 Å². The fraction of sp³-hybridized carbons (Fsp3) is 0.348. The highest BCUT2D eigenvalue weighted by Gasteiger charge is 2.42. The summed E-state index contributed by atoms with van der Waals surface area (Å²) in [5, 5.41) is 25.7. The first-order valence-corrected chi connectivity index (χ1v) is 10.7. The molecule has 1 aromatic carbocycles. The van der Waals surface area contributed by atoms with Crippen LogP contribution in [0.25, 0.3) is 21.9 Å². The normalized spacial score (nSPS) is 23.2. The van der Waals surface area contributed by atoms with E-state index in [0.717, 1.165) is 16.3 Å². The largest absolute Gasteiger partial charge is 0.390 e. The summed E-state index contributed by atoms with van der Waals surface area (Å²) < 4.78 is 15.8. The Balaban J connectivity index is 1.34. The van der Waals surface area contributed by atoms with Crippen LogP contribution < -0.4 is 11.1 Å². The number of fused-ring (bicyclic) bond motifs is 2. The van der Waals surface area contributed by atoms with Gasteiger partial charge in [0.15, 0.2) is 11.6 Å². The SMILES string of the molecule is CNc1nc2cc(CC[C@H]3C[C@@H](n4ccc5c(N)ncnc54)[C@H](O)[C@@H]3O)ccc2cc1F. The number of nitrogen functional groups attached to an aromatic ring is 1. The van der Waals surface area contributed by atoms with Crippen LogP contribution in [0.4, 0.5) is 16.0 Å². The van der Waals surface area contributed by atoms with Crippen LogP contribution in [-0.2, 0) is 6.42 Å². The van der Waals surface area contributed by atoms with Gasteiger partial charge in [-0.3, -0.25) is 0 Å². The summed E-state index contributed by atoms with van der Waals surface area (Å²) in [5.74, 6) is 0.155. The number of aromatic nitrogens is 4. The standard InChI is InChI=1S/C23H25FN6O2/c1-26-22-16(24)9-13-4-2-12(8-17(13)29-22)3-5-14-10-18(20(32)19(14)31)30-7-6-15-21(25)27-11-28-23(15)30/h2,4,6-9,11,14,18-20,31-32H,3,5,10H2,1H3,(H,26,29)(H2,25,27,28)/t14-,18+,19+,20-/m0/s1. The first kappa shape index (κ1) is 20.6. The highest BCUT2D eigenvalue weighted by Crippen LogP contribution is 2.39. The maximum atomic E-state index is 13.9. The molecule has 0 unspecified atom stereocenters. The third-order valence-electron chi connectivity index (χ3n) is 6.54. The van der Waals surface area contributed by atoms with Crippen LogP contribution in [0.1, 0.15) is 24.4 Å². The van der Waals surface area contributed by atoms with Crippen molar-refractivity contribution in [3.8, 4) is 0 Å². The summed E-state index contributed by atoms with van der Waals surface area (Å²) >= 11 is 0.